The first-order valence-electron chi connectivity index (χ1n) is 6.45. The third-order valence-electron chi connectivity index (χ3n) is 3.81. The molecule has 1 fully saturated rings. The lowest BCUT2D eigenvalue weighted by atomic mass is 10.1. The molecule has 1 saturated heterocycles. The van der Waals surface area contributed by atoms with Gasteiger partial charge in [-0.05, 0) is 38.6 Å². The van der Waals surface area contributed by atoms with Crippen LogP contribution in [-0.2, 0) is 0 Å². The number of hydrogen-bond donors (Lipinski definition) is 1. The first kappa shape index (κ1) is 13.3. The molecule has 18 heavy (non-hydrogen) atoms. The highest BCUT2D eigenvalue weighted by atomic mass is 19.1. The van der Waals surface area contributed by atoms with E-state index in [1.54, 1.807) is 12.1 Å². The minimum Gasteiger partial charge on any atom is -0.395 e. The Labute approximate surface area is 108 Å². The molecule has 2 atom stereocenters. The Morgan fingerprint density at radius 1 is 1.44 bits per heavy atom. The summed E-state index contributed by atoms with van der Waals surface area (Å²) in [6, 6.07) is 7.15. The molecule has 0 saturated carbocycles. The van der Waals surface area contributed by atoms with Gasteiger partial charge in [0.25, 0.3) is 0 Å². The van der Waals surface area contributed by atoms with Crippen molar-refractivity contribution in [3.8, 4) is 0 Å². The summed E-state index contributed by atoms with van der Waals surface area (Å²) < 4.78 is 13.3. The van der Waals surface area contributed by atoms with Crippen molar-refractivity contribution < 1.29 is 9.50 Å². The van der Waals surface area contributed by atoms with Crippen molar-refractivity contribution in [2.24, 2.45) is 0 Å². The maximum absolute atomic E-state index is 13.3. The topological polar surface area (TPSA) is 26.7 Å². The van der Waals surface area contributed by atoms with Crippen LogP contribution in [0.4, 0.5) is 10.1 Å². The van der Waals surface area contributed by atoms with E-state index in [0.717, 1.165) is 25.2 Å². The van der Waals surface area contributed by atoms with Crippen molar-refractivity contribution in [2.45, 2.75) is 25.4 Å². The molecule has 1 aromatic rings. The average Bonchev–Trinajstić information content (AvgIpc) is 2.50. The van der Waals surface area contributed by atoms with Crippen molar-refractivity contribution in [3.05, 3.63) is 30.1 Å². The Balaban J connectivity index is 2.24. The van der Waals surface area contributed by atoms with E-state index in [9.17, 15) is 9.50 Å². The number of rotatable bonds is 2. The summed E-state index contributed by atoms with van der Waals surface area (Å²) in [6.45, 7) is 3.98. The summed E-state index contributed by atoms with van der Waals surface area (Å²) in [6.07, 6.45) is 1.02. The van der Waals surface area contributed by atoms with Crippen molar-refractivity contribution in [2.75, 3.05) is 31.6 Å². The first-order valence-corrected chi connectivity index (χ1v) is 6.45. The fraction of sp³-hybridized carbons (Fsp3) is 0.571. The number of aliphatic hydroxyl groups excluding tert-OH is 1. The fourth-order valence-electron chi connectivity index (χ4n) is 2.49. The van der Waals surface area contributed by atoms with Gasteiger partial charge in [-0.2, -0.15) is 0 Å². The third kappa shape index (κ3) is 2.82. The highest BCUT2D eigenvalue weighted by Crippen LogP contribution is 2.23. The summed E-state index contributed by atoms with van der Waals surface area (Å²) >= 11 is 0. The summed E-state index contributed by atoms with van der Waals surface area (Å²) in [4.78, 5) is 4.36. The largest absolute Gasteiger partial charge is 0.395 e. The van der Waals surface area contributed by atoms with Gasteiger partial charge in [-0.1, -0.05) is 6.07 Å². The predicted octanol–water partition coefficient (Wildman–Crippen LogP) is 1.72. The van der Waals surface area contributed by atoms with Gasteiger partial charge in [0.2, 0.25) is 0 Å². The van der Waals surface area contributed by atoms with Crippen LogP contribution in [0.2, 0.25) is 0 Å². The minimum atomic E-state index is -0.210. The summed E-state index contributed by atoms with van der Waals surface area (Å²) in [7, 11) is 2.03. The van der Waals surface area contributed by atoms with Gasteiger partial charge in [0, 0.05) is 30.9 Å². The molecule has 100 valence electrons. The Morgan fingerprint density at radius 2 is 2.22 bits per heavy atom. The molecule has 0 aliphatic carbocycles. The van der Waals surface area contributed by atoms with Crippen molar-refractivity contribution in [3.63, 3.8) is 0 Å². The van der Waals surface area contributed by atoms with Crippen LogP contribution in [0.1, 0.15) is 13.3 Å². The van der Waals surface area contributed by atoms with Crippen LogP contribution < -0.4 is 4.90 Å². The molecule has 1 aliphatic heterocycles. The number of halogens is 1. The molecule has 1 aromatic carbocycles. The Morgan fingerprint density at radius 3 is 2.89 bits per heavy atom. The molecule has 2 unspecified atom stereocenters. The van der Waals surface area contributed by atoms with Gasteiger partial charge in [-0.25, -0.2) is 4.39 Å². The lowest BCUT2D eigenvalue weighted by Gasteiger charge is -2.32. The monoisotopic (exact) mass is 252 g/mol. The molecule has 0 amide bonds. The molecule has 0 aromatic heterocycles. The fourth-order valence-corrected chi connectivity index (χ4v) is 2.49. The van der Waals surface area contributed by atoms with Crippen LogP contribution in [-0.4, -0.2) is 48.8 Å². The molecule has 2 rings (SSSR count). The zero-order chi connectivity index (χ0) is 13.1. The molecule has 1 aliphatic rings. The molecule has 3 nitrogen and oxygen atoms in total. The van der Waals surface area contributed by atoms with Crippen LogP contribution in [0, 0.1) is 5.82 Å². The first-order chi connectivity index (χ1) is 8.61. The number of nitrogens with zero attached hydrogens (tertiary/aromatic N) is 2. The molecule has 1 heterocycles. The standard InChI is InChI=1S/C14H21FN2O/c1-11-6-7-16(2)14(10-18)9-17(11)13-5-3-4-12(15)8-13/h3-5,8,11,14,18H,6-7,9-10H2,1-2H3. The minimum absolute atomic E-state index is 0.109. The summed E-state index contributed by atoms with van der Waals surface area (Å²) in [5, 5.41) is 9.45. The third-order valence-corrected chi connectivity index (χ3v) is 3.81. The second kappa shape index (κ2) is 5.67. The molecule has 0 spiro atoms. The lowest BCUT2D eigenvalue weighted by Crippen LogP contribution is -2.43. The number of hydrogen-bond acceptors (Lipinski definition) is 3. The molecule has 4 heteroatoms. The Hall–Kier alpha value is -1.13. The molecule has 0 radical (unpaired) electrons. The van der Waals surface area contributed by atoms with Gasteiger partial charge in [-0.3, -0.25) is 4.90 Å². The van der Waals surface area contributed by atoms with Crippen molar-refractivity contribution in [1.29, 1.82) is 0 Å². The Bertz CT molecular complexity index is 399. The molecular weight excluding hydrogens is 231 g/mol. The zero-order valence-corrected chi connectivity index (χ0v) is 11.0. The molecular formula is C14H21FN2O. The zero-order valence-electron chi connectivity index (χ0n) is 11.0. The lowest BCUT2D eigenvalue weighted by molar-refractivity contribution is 0.159. The van der Waals surface area contributed by atoms with E-state index in [0.29, 0.717) is 6.04 Å². The highest BCUT2D eigenvalue weighted by Gasteiger charge is 2.26. The quantitative estimate of drug-likeness (QED) is 0.868. The summed E-state index contributed by atoms with van der Waals surface area (Å²) in [5.74, 6) is -0.210. The molecule has 0 bridgehead atoms. The van der Waals surface area contributed by atoms with E-state index in [4.69, 9.17) is 0 Å². The molecule has 1 N–H and O–H groups in total. The van der Waals surface area contributed by atoms with Crippen molar-refractivity contribution in [1.82, 2.24) is 4.90 Å². The van der Waals surface area contributed by atoms with Gasteiger partial charge in [0.1, 0.15) is 5.82 Å². The van der Waals surface area contributed by atoms with Gasteiger partial charge < -0.3 is 10.0 Å². The van der Waals surface area contributed by atoms with E-state index in [2.05, 4.69) is 16.7 Å². The van der Waals surface area contributed by atoms with Crippen LogP contribution in [0.3, 0.4) is 0 Å². The van der Waals surface area contributed by atoms with Crippen LogP contribution >= 0.6 is 0 Å². The Kier molecular flexibility index (Phi) is 4.19. The smallest absolute Gasteiger partial charge is 0.125 e. The van der Waals surface area contributed by atoms with Gasteiger partial charge >= 0.3 is 0 Å². The van der Waals surface area contributed by atoms with Crippen LogP contribution in [0.5, 0.6) is 0 Å². The number of aliphatic hydroxyl groups is 1. The maximum Gasteiger partial charge on any atom is 0.125 e. The number of likely N-dealkylation sites (N-methyl/N-ethyl adjacent to an activating group) is 1. The van der Waals surface area contributed by atoms with E-state index < -0.39 is 0 Å². The second-order valence-corrected chi connectivity index (χ2v) is 5.09. The van der Waals surface area contributed by atoms with Crippen molar-refractivity contribution >= 4 is 5.69 Å². The SMILES string of the molecule is CC1CCN(C)C(CO)CN1c1cccc(F)c1. The van der Waals surface area contributed by atoms with Crippen LogP contribution in [0.25, 0.3) is 0 Å². The predicted molar refractivity (Wildman–Crippen MR) is 71.3 cm³/mol. The van der Waals surface area contributed by atoms with Crippen LogP contribution in [0.15, 0.2) is 24.3 Å². The van der Waals surface area contributed by atoms with Gasteiger partial charge in [-0.15, -0.1) is 0 Å². The van der Waals surface area contributed by atoms with E-state index in [1.807, 2.05) is 13.1 Å². The summed E-state index contributed by atoms with van der Waals surface area (Å²) in [5.41, 5.74) is 0.899. The average molecular weight is 252 g/mol. The second-order valence-electron chi connectivity index (χ2n) is 5.09. The highest BCUT2D eigenvalue weighted by molar-refractivity contribution is 5.47. The van der Waals surface area contributed by atoms with E-state index in [1.165, 1.54) is 6.07 Å². The van der Waals surface area contributed by atoms with Gasteiger partial charge in [0.15, 0.2) is 0 Å². The van der Waals surface area contributed by atoms with E-state index in [-0.39, 0.29) is 18.5 Å². The maximum atomic E-state index is 13.3. The normalized spacial score (nSPS) is 26.1. The number of benzene rings is 1. The van der Waals surface area contributed by atoms with E-state index >= 15 is 0 Å². The number of anilines is 1. The van der Waals surface area contributed by atoms with Gasteiger partial charge in [0.05, 0.1) is 6.61 Å².